The van der Waals surface area contributed by atoms with Gasteiger partial charge in [0.05, 0.1) is 17.5 Å². The van der Waals surface area contributed by atoms with Crippen molar-refractivity contribution in [2.75, 3.05) is 23.0 Å². The second-order valence-electron chi connectivity index (χ2n) is 8.12. The summed E-state index contributed by atoms with van der Waals surface area (Å²) in [5.41, 5.74) is -0.316. The minimum absolute atomic E-state index is 0.0283. The van der Waals surface area contributed by atoms with Crippen LogP contribution in [0.5, 0.6) is 0 Å². The normalized spacial score (nSPS) is 25.2. The van der Waals surface area contributed by atoms with E-state index in [1.807, 2.05) is 6.07 Å². The zero-order chi connectivity index (χ0) is 20.6. The van der Waals surface area contributed by atoms with Crippen LogP contribution in [-0.2, 0) is 19.4 Å². The highest BCUT2D eigenvalue weighted by molar-refractivity contribution is 7.91. The summed E-state index contributed by atoms with van der Waals surface area (Å²) in [6.07, 6.45) is 4.28. The Balaban J connectivity index is 1.57. The van der Waals surface area contributed by atoms with E-state index in [0.29, 0.717) is 24.9 Å². The summed E-state index contributed by atoms with van der Waals surface area (Å²) in [6, 6.07) is 7.76. The van der Waals surface area contributed by atoms with Crippen LogP contribution in [0.2, 0.25) is 0 Å². The predicted molar refractivity (Wildman–Crippen MR) is 107 cm³/mol. The first-order valence-corrected chi connectivity index (χ1v) is 11.9. The molecule has 0 radical (unpaired) electrons. The Morgan fingerprint density at radius 1 is 1.14 bits per heavy atom. The molecule has 1 atom stereocenters. The number of para-hydroxylation sites is 1. The third-order valence-corrected chi connectivity index (χ3v) is 7.87. The topological polar surface area (TPSA) is 104 Å². The van der Waals surface area contributed by atoms with Crippen LogP contribution in [0.3, 0.4) is 0 Å². The number of carbonyl (C=O) groups is 3. The third kappa shape index (κ3) is 3.75. The van der Waals surface area contributed by atoms with Gasteiger partial charge in [0.2, 0.25) is 5.91 Å². The van der Waals surface area contributed by atoms with Gasteiger partial charge in [-0.1, -0.05) is 37.5 Å². The van der Waals surface area contributed by atoms with Gasteiger partial charge >= 0.3 is 6.03 Å². The van der Waals surface area contributed by atoms with Crippen LogP contribution in [0.1, 0.15) is 38.5 Å². The minimum atomic E-state index is -3.21. The third-order valence-electron chi connectivity index (χ3n) is 6.12. The standard InChI is InChI=1S/C20H25N3O5S/c24-17(13-22-18(25)20(21-19(22)26)10-5-2-6-11-20)23(15-7-3-1-4-8-15)16-9-12-29(27,28)14-16/h1,3-4,7-8,16H,2,5-6,9-14H2,(H,21,26)/t16-/m0/s1. The van der Waals surface area contributed by atoms with E-state index in [2.05, 4.69) is 5.32 Å². The zero-order valence-electron chi connectivity index (χ0n) is 16.2. The summed E-state index contributed by atoms with van der Waals surface area (Å²) >= 11 is 0. The molecule has 1 spiro atoms. The largest absolute Gasteiger partial charge is 0.325 e. The van der Waals surface area contributed by atoms with Crippen LogP contribution in [0.15, 0.2) is 30.3 Å². The molecule has 3 aliphatic rings. The van der Waals surface area contributed by atoms with E-state index in [-0.39, 0.29) is 17.4 Å². The fourth-order valence-electron chi connectivity index (χ4n) is 4.65. The van der Waals surface area contributed by atoms with E-state index in [0.717, 1.165) is 24.2 Å². The Kier molecular flexibility index (Phi) is 5.10. The predicted octanol–water partition coefficient (Wildman–Crippen LogP) is 1.46. The average Bonchev–Trinajstić information content (AvgIpc) is 3.15. The maximum absolute atomic E-state index is 13.2. The Morgan fingerprint density at radius 2 is 1.83 bits per heavy atom. The number of hydrogen-bond acceptors (Lipinski definition) is 5. The molecule has 9 heteroatoms. The summed E-state index contributed by atoms with van der Waals surface area (Å²) in [7, 11) is -3.21. The van der Waals surface area contributed by atoms with Gasteiger partial charge in [-0.25, -0.2) is 13.2 Å². The van der Waals surface area contributed by atoms with E-state index in [4.69, 9.17) is 0 Å². The van der Waals surface area contributed by atoms with Crippen LogP contribution in [-0.4, -0.2) is 60.8 Å². The molecule has 1 aromatic carbocycles. The molecule has 2 heterocycles. The molecule has 8 nitrogen and oxygen atoms in total. The van der Waals surface area contributed by atoms with Crippen LogP contribution in [0.25, 0.3) is 0 Å². The van der Waals surface area contributed by atoms with Crippen LogP contribution >= 0.6 is 0 Å². The number of nitrogens with zero attached hydrogens (tertiary/aromatic N) is 2. The van der Waals surface area contributed by atoms with E-state index in [9.17, 15) is 22.8 Å². The number of carbonyl (C=O) groups excluding carboxylic acids is 3. The highest BCUT2D eigenvalue weighted by Crippen LogP contribution is 2.34. The highest BCUT2D eigenvalue weighted by atomic mass is 32.2. The van der Waals surface area contributed by atoms with E-state index >= 15 is 0 Å². The fraction of sp³-hybridized carbons (Fsp3) is 0.550. The zero-order valence-corrected chi connectivity index (χ0v) is 17.0. The van der Waals surface area contributed by atoms with Crippen LogP contribution in [0.4, 0.5) is 10.5 Å². The van der Waals surface area contributed by atoms with Gasteiger partial charge in [-0.05, 0) is 31.4 Å². The molecule has 4 amide bonds. The molecular formula is C20H25N3O5S. The summed E-state index contributed by atoms with van der Waals surface area (Å²) in [4.78, 5) is 41.1. The number of benzene rings is 1. The summed E-state index contributed by atoms with van der Waals surface area (Å²) < 4.78 is 24.0. The minimum Gasteiger partial charge on any atom is -0.323 e. The molecular weight excluding hydrogens is 394 g/mol. The van der Waals surface area contributed by atoms with Gasteiger partial charge in [0.25, 0.3) is 5.91 Å². The summed E-state index contributed by atoms with van der Waals surface area (Å²) in [5, 5.41) is 2.81. The van der Waals surface area contributed by atoms with Crippen LogP contribution < -0.4 is 10.2 Å². The number of sulfone groups is 1. The number of urea groups is 1. The van der Waals surface area contributed by atoms with Gasteiger partial charge in [0.1, 0.15) is 12.1 Å². The molecule has 3 fully saturated rings. The van der Waals surface area contributed by atoms with Gasteiger partial charge in [-0.2, -0.15) is 0 Å². The molecule has 4 rings (SSSR count). The molecule has 0 unspecified atom stereocenters. The number of anilines is 1. The first kappa shape index (κ1) is 19.9. The molecule has 1 saturated carbocycles. The average molecular weight is 420 g/mol. The molecule has 2 aliphatic heterocycles. The van der Waals surface area contributed by atoms with Crippen LogP contribution in [0, 0.1) is 0 Å². The first-order chi connectivity index (χ1) is 13.8. The quantitative estimate of drug-likeness (QED) is 0.744. The Hall–Kier alpha value is -2.42. The molecule has 29 heavy (non-hydrogen) atoms. The van der Waals surface area contributed by atoms with E-state index in [1.54, 1.807) is 24.3 Å². The van der Waals surface area contributed by atoms with Crippen molar-refractivity contribution >= 4 is 33.4 Å². The first-order valence-electron chi connectivity index (χ1n) is 10.0. The van der Waals surface area contributed by atoms with Crippen molar-refractivity contribution in [1.82, 2.24) is 10.2 Å². The fourth-order valence-corrected chi connectivity index (χ4v) is 6.35. The lowest BCUT2D eigenvalue weighted by molar-refractivity contribution is -0.135. The van der Waals surface area contributed by atoms with Crippen molar-refractivity contribution in [3.05, 3.63) is 30.3 Å². The van der Waals surface area contributed by atoms with Gasteiger partial charge in [-0.15, -0.1) is 0 Å². The molecule has 0 aromatic heterocycles. The highest BCUT2D eigenvalue weighted by Gasteiger charge is 2.52. The van der Waals surface area contributed by atoms with E-state index < -0.39 is 39.9 Å². The number of amides is 4. The number of rotatable bonds is 4. The molecule has 1 aromatic rings. The summed E-state index contributed by atoms with van der Waals surface area (Å²) in [5.74, 6) is -0.879. The maximum Gasteiger partial charge on any atom is 0.325 e. The lowest BCUT2D eigenvalue weighted by atomic mass is 9.82. The molecule has 0 bridgehead atoms. The smallest absolute Gasteiger partial charge is 0.323 e. The monoisotopic (exact) mass is 419 g/mol. The molecule has 1 N–H and O–H groups in total. The SMILES string of the molecule is O=C1NC2(CCCCC2)C(=O)N1CC(=O)N(c1ccccc1)[C@H]1CCS(=O)(=O)C1. The van der Waals surface area contributed by atoms with Crippen molar-refractivity contribution < 1.29 is 22.8 Å². The molecule has 156 valence electrons. The van der Waals surface area contributed by atoms with Crippen molar-refractivity contribution in [3.63, 3.8) is 0 Å². The lowest BCUT2D eigenvalue weighted by Gasteiger charge is -2.31. The summed E-state index contributed by atoms with van der Waals surface area (Å²) in [6.45, 7) is -0.391. The van der Waals surface area contributed by atoms with Crippen molar-refractivity contribution in [2.24, 2.45) is 0 Å². The van der Waals surface area contributed by atoms with E-state index in [1.165, 1.54) is 4.90 Å². The van der Waals surface area contributed by atoms with Gasteiger partial charge < -0.3 is 10.2 Å². The van der Waals surface area contributed by atoms with Gasteiger partial charge in [0.15, 0.2) is 9.84 Å². The van der Waals surface area contributed by atoms with Crippen molar-refractivity contribution in [2.45, 2.75) is 50.1 Å². The van der Waals surface area contributed by atoms with Gasteiger partial charge in [-0.3, -0.25) is 14.5 Å². The maximum atomic E-state index is 13.2. The molecule has 1 aliphatic carbocycles. The van der Waals surface area contributed by atoms with Crippen molar-refractivity contribution in [1.29, 1.82) is 0 Å². The Morgan fingerprint density at radius 3 is 2.45 bits per heavy atom. The second kappa shape index (κ2) is 7.44. The second-order valence-corrected chi connectivity index (χ2v) is 10.3. The number of nitrogens with one attached hydrogen (secondary N) is 1. The van der Waals surface area contributed by atoms with Crippen molar-refractivity contribution in [3.8, 4) is 0 Å². The number of hydrogen-bond donors (Lipinski definition) is 1. The molecule has 2 saturated heterocycles. The Labute approximate surface area is 170 Å². The number of imide groups is 1. The van der Waals surface area contributed by atoms with Gasteiger partial charge in [0, 0.05) is 5.69 Å². The Bertz CT molecular complexity index is 925. The lowest BCUT2D eigenvalue weighted by Crippen LogP contribution is -2.50.